The van der Waals surface area contributed by atoms with Gasteiger partial charge in [-0.15, -0.1) is 0 Å². The van der Waals surface area contributed by atoms with E-state index in [9.17, 15) is 4.79 Å². The summed E-state index contributed by atoms with van der Waals surface area (Å²) in [6, 6.07) is 12.2. The van der Waals surface area contributed by atoms with Gasteiger partial charge in [0.2, 0.25) is 0 Å². The number of hydrogen-bond acceptors (Lipinski definition) is 6. The van der Waals surface area contributed by atoms with Gasteiger partial charge in [-0.3, -0.25) is 10.3 Å². The molecule has 1 saturated heterocycles. The molecule has 0 saturated carbocycles. The number of ether oxygens (including phenoxy) is 2. The summed E-state index contributed by atoms with van der Waals surface area (Å²) in [6.07, 6.45) is 0.545. The number of nitrogens with zero attached hydrogens (tertiary/aromatic N) is 2. The summed E-state index contributed by atoms with van der Waals surface area (Å²) >= 11 is 0. The SMILES string of the molecule is CNC(=O)NC(C)Cc1cc(OC)c(OC)cc1C(=N)c1ccc(N2CCN(C(C)C)CC2)cc1. The minimum Gasteiger partial charge on any atom is -0.493 e. The zero-order valence-corrected chi connectivity index (χ0v) is 21.8. The standard InChI is InChI=1S/C27H39N5O3/c1-18(2)31-11-13-32(14-12-31)22-9-7-20(8-10-22)26(28)23-17-25(35-6)24(34-5)16-21(23)15-19(3)30-27(33)29-4/h7-10,16-19,28H,11-15H2,1-6H3,(H2,29,30,33). The minimum atomic E-state index is -0.237. The molecule has 1 heterocycles. The van der Waals surface area contributed by atoms with Crippen LogP contribution in [0.15, 0.2) is 36.4 Å². The average molecular weight is 482 g/mol. The Kier molecular flexibility index (Phi) is 8.98. The van der Waals surface area contributed by atoms with Gasteiger partial charge in [-0.25, -0.2) is 4.79 Å². The van der Waals surface area contributed by atoms with Crippen LogP contribution in [-0.2, 0) is 6.42 Å². The highest BCUT2D eigenvalue weighted by atomic mass is 16.5. The van der Waals surface area contributed by atoms with E-state index in [1.807, 2.05) is 31.2 Å². The van der Waals surface area contributed by atoms with E-state index < -0.39 is 0 Å². The van der Waals surface area contributed by atoms with Crippen LogP contribution >= 0.6 is 0 Å². The Bertz CT molecular complexity index is 1010. The van der Waals surface area contributed by atoms with Gasteiger partial charge in [0.25, 0.3) is 0 Å². The molecule has 0 radical (unpaired) electrons. The second-order valence-electron chi connectivity index (χ2n) is 9.23. The normalized spacial score (nSPS) is 15.0. The van der Waals surface area contributed by atoms with E-state index in [4.69, 9.17) is 14.9 Å². The van der Waals surface area contributed by atoms with E-state index in [-0.39, 0.29) is 12.1 Å². The lowest BCUT2D eigenvalue weighted by molar-refractivity contribution is 0.209. The summed E-state index contributed by atoms with van der Waals surface area (Å²) in [5.41, 5.74) is 4.08. The van der Waals surface area contributed by atoms with E-state index >= 15 is 0 Å². The molecular formula is C27H39N5O3. The van der Waals surface area contributed by atoms with Crippen LogP contribution in [0.1, 0.15) is 37.5 Å². The van der Waals surface area contributed by atoms with Gasteiger partial charge in [0.15, 0.2) is 11.5 Å². The fourth-order valence-electron chi connectivity index (χ4n) is 4.49. The van der Waals surface area contributed by atoms with Crippen LogP contribution in [0.2, 0.25) is 0 Å². The Hall–Kier alpha value is -3.26. The van der Waals surface area contributed by atoms with Crippen LogP contribution in [0.4, 0.5) is 10.5 Å². The first kappa shape index (κ1) is 26.3. The van der Waals surface area contributed by atoms with Crippen LogP contribution in [-0.4, -0.2) is 76.2 Å². The molecule has 2 aromatic carbocycles. The monoisotopic (exact) mass is 481 g/mol. The second-order valence-corrected chi connectivity index (χ2v) is 9.23. The van der Waals surface area contributed by atoms with Crippen molar-refractivity contribution in [1.82, 2.24) is 15.5 Å². The minimum absolute atomic E-state index is 0.133. The highest BCUT2D eigenvalue weighted by Gasteiger charge is 2.21. The number of hydrogen-bond donors (Lipinski definition) is 3. The number of carbonyl (C=O) groups excluding carboxylic acids is 1. The molecule has 8 nitrogen and oxygen atoms in total. The summed E-state index contributed by atoms with van der Waals surface area (Å²) < 4.78 is 11.0. The smallest absolute Gasteiger partial charge is 0.314 e. The lowest BCUT2D eigenvalue weighted by Crippen LogP contribution is -2.48. The third-order valence-electron chi connectivity index (χ3n) is 6.58. The number of amides is 2. The fraction of sp³-hybridized carbons (Fsp3) is 0.481. The molecule has 2 amide bonds. The van der Waals surface area contributed by atoms with Gasteiger partial charge in [-0.1, -0.05) is 12.1 Å². The molecule has 1 fully saturated rings. The molecule has 35 heavy (non-hydrogen) atoms. The molecular weight excluding hydrogens is 442 g/mol. The number of nitrogens with one attached hydrogen (secondary N) is 3. The maximum absolute atomic E-state index is 11.8. The Morgan fingerprint density at radius 2 is 1.60 bits per heavy atom. The summed E-state index contributed by atoms with van der Waals surface area (Å²) in [5, 5.41) is 14.5. The third-order valence-corrected chi connectivity index (χ3v) is 6.58. The Labute approximate surface area is 209 Å². The molecule has 1 aliphatic heterocycles. The van der Waals surface area contributed by atoms with Gasteiger partial charge in [0, 0.05) is 62.1 Å². The molecule has 0 spiro atoms. The van der Waals surface area contributed by atoms with Crippen molar-refractivity contribution >= 4 is 17.4 Å². The lowest BCUT2D eigenvalue weighted by Gasteiger charge is -2.38. The molecule has 2 aromatic rings. The fourth-order valence-corrected chi connectivity index (χ4v) is 4.49. The van der Waals surface area contributed by atoms with Crippen molar-refractivity contribution in [1.29, 1.82) is 5.41 Å². The van der Waals surface area contributed by atoms with E-state index in [1.165, 1.54) is 5.69 Å². The highest BCUT2D eigenvalue weighted by Crippen LogP contribution is 2.32. The van der Waals surface area contributed by atoms with Gasteiger partial charge >= 0.3 is 6.03 Å². The lowest BCUT2D eigenvalue weighted by atomic mass is 9.93. The third kappa shape index (κ3) is 6.45. The van der Waals surface area contributed by atoms with Crippen molar-refractivity contribution < 1.29 is 14.3 Å². The second kappa shape index (κ2) is 11.9. The summed E-state index contributed by atoms with van der Waals surface area (Å²) in [4.78, 5) is 16.7. The van der Waals surface area contributed by atoms with E-state index in [0.717, 1.165) is 42.9 Å². The molecule has 0 bridgehead atoms. The van der Waals surface area contributed by atoms with Crippen LogP contribution < -0.4 is 25.0 Å². The first-order chi connectivity index (χ1) is 16.8. The summed E-state index contributed by atoms with van der Waals surface area (Å²) in [7, 11) is 4.78. The number of anilines is 1. The maximum Gasteiger partial charge on any atom is 0.314 e. The largest absolute Gasteiger partial charge is 0.493 e. The van der Waals surface area contributed by atoms with Crippen molar-refractivity contribution in [2.24, 2.45) is 0 Å². The molecule has 1 atom stereocenters. The summed E-state index contributed by atoms with van der Waals surface area (Å²) in [5.74, 6) is 1.17. The first-order valence-electron chi connectivity index (χ1n) is 12.2. The number of rotatable bonds is 9. The van der Waals surface area contributed by atoms with Gasteiger partial charge in [-0.2, -0.15) is 0 Å². The average Bonchev–Trinajstić information content (AvgIpc) is 2.87. The molecule has 3 rings (SSSR count). The predicted octanol–water partition coefficient (Wildman–Crippen LogP) is 3.51. The van der Waals surface area contributed by atoms with Crippen molar-refractivity contribution in [2.45, 2.75) is 39.3 Å². The van der Waals surface area contributed by atoms with Gasteiger partial charge in [0.1, 0.15) is 0 Å². The van der Waals surface area contributed by atoms with Crippen LogP contribution in [0.25, 0.3) is 0 Å². The number of piperazine rings is 1. The Morgan fingerprint density at radius 3 is 2.14 bits per heavy atom. The molecule has 1 unspecified atom stereocenters. The molecule has 3 N–H and O–H groups in total. The number of benzene rings is 2. The molecule has 8 heteroatoms. The van der Waals surface area contributed by atoms with Crippen molar-refractivity contribution in [2.75, 3.05) is 52.3 Å². The van der Waals surface area contributed by atoms with Crippen LogP contribution in [0.3, 0.4) is 0 Å². The number of methoxy groups -OCH3 is 2. The zero-order valence-electron chi connectivity index (χ0n) is 21.8. The van der Waals surface area contributed by atoms with Crippen molar-refractivity contribution in [3.8, 4) is 11.5 Å². The predicted molar refractivity (Wildman–Crippen MR) is 142 cm³/mol. The summed E-state index contributed by atoms with van der Waals surface area (Å²) in [6.45, 7) is 10.6. The van der Waals surface area contributed by atoms with Gasteiger partial charge in [0.05, 0.1) is 19.9 Å². The number of urea groups is 1. The van der Waals surface area contributed by atoms with Gasteiger partial charge in [-0.05, 0) is 57.0 Å². The van der Waals surface area contributed by atoms with Crippen LogP contribution in [0, 0.1) is 5.41 Å². The zero-order chi connectivity index (χ0) is 25.5. The van der Waals surface area contributed by atoms with Gasteiger partial charge < -0.3 is 25.0 Å². The van der Waals surface area contributed by atoms with Crippen molar-refractivity contribution in [3.05, 3.63) is 53.1 Å². The van der Waals surface area contributed by atoms with E-state index in [1.54, 1.807) is 21.3 Å². The quantitative estimate of drug-likeness (QED) is 0.477. The maximum atomic E-state index is 11.8. The molecule has 0 aliphatic carbocycles. The molecule has 0 aromatic heterocycles. The Balaban J connectivity index is 1.83. The Morgan fingerprint density at radius 1 is 1.00 bits per heavy atom. The highest BCUT2D eigenvalue weighted by molar-refractivity contribution is 6.12. The van der Waals surface area contributed by atoms with E-state index in [2.05, 4.69) is 46.4 Å². The molecule has 190 valence electrons. The first-order valence-corrected chi connectivity index (χ1v) is 12.2. The number of carbonyl (C=O) groups is 1. The van der Waals surface area contributed by atoms with E-state index in [0.29, 0.717) is 29.7 Å². The van der Waals surface area contributed by atoms with Crippen LogP contribution in [0.5, 0.6) is 11.5 Å². The topological polar surface area (TPSA) is 89.9 Å². The molecule has 1 aliphatic rings. The van der Waals surface area contributed by atoms with Crippen molar-refractivity contribution in [3.63, 3.8) is 0 Å².